The standard InChI is InChI=1S/C15H25N3O/c1-5-15(8-9-15)10-17-12-7-6-11(16)13(18-12)19-14(2,3)4/h6-7H,5,8-10,16H2,1-4H3,(H,17,18). The Labute approximate surface area is 115 Å². The summed E-state index contributed by atoms with van der Waals surface area (Å²) in [5, 5.41) is 3.41. The summed E-state index contributed by atoms with van der Waals surface area (Å²) in [6.07, 6.45) is 3.86. The summed E-state index contributed by atoms with van der Waals surface area (Å²) < 4.78 is 5.77. The molecule has 1 aliphatic carbocycles. The van der Waals surface area contributed by atoms with Crippen molar-refractivity contribution in [2.24, 2.45) is 5.41 Å². The molecular formula is C15H25N3O. The number of anilines is 2. The largest absolute Gasteiger partial charge is 0.470 e. The average Bonchev–Trinajstić information content (AvgIpc) is 3.09. The fraction of sp³-hybridized carbons (Fsp3) is 0.667. The SMILES string of the molecule is CCC1(CNc2ccc(N)c(OC(C)(C)C)n2)CC1. The highest BCUT2D eigenvalue weighted by atomic mass is 16.5. The van der Waals surface area contributed by atoms with Crippen LogP contribution in [0.15, 0.2) is 12.1 Å². The molecule has 2 rings (SSSR count). The van der Waals surface area contributed by atoms with E-state index >= 15 is 0 Å². The molecule has 0 atom stereocenters. The molecule has 0 amide bonds. The fourth-order valence-electron chi connectivity index (χ4n) is 2.03. The van der Waals surface area contributed by atoms with E-state index in [-0.39, 0.29) is 5.60 Å². The van der Waals surface area contributed by atoms with Crippen molar-refractivity contribution >= 4 is 11.5 Å². The van der Waals surface area contributed by atoms with Gasteiger partial charge in [-0.2, -0.15) is 4.98 Å². The number of nitrogens with zero attached hydrogens (tertiary/aromatic N) is 1. The van der Waals surface area contributed by atoms with Crippen molar-refractivity contribution in [1.29, 1.82) is 0 Å². The van der Waals surface area contributed by atoms with Gasteiger partial charge in [0, 0.05) is 6.54 Å². The van der Waals surface area contributed by atoms with Gasteiger partial charge in [0.25, 0.3) is 0 Å². The normalized spacial score (nSPS) is 17.1. The Bertz CT molecular complexity index is 447. The van der Waals surface area contributed by atoms with Crippen LogP contribution in [-0.4, -0.2) is 17.1 Å². The lowest BCUT2D eigenvalue weighted by atomic mass is 10.0. The first-order valence-corrected chi connectivity index (χ1v) is 7.03. The first kappa shape index (κ1) is 14.0. The number of nitrogens with one attached hydrogen (secondary N) is 1. The lowest BCUT2D eigenvalue weighted by Crippen LogP contribution is -2.24. The van der Waals surface area contributed by atoms with Crippen molar-refractivity contribution in [1.82, 2.24) is 4.98 Å². The Kier molecular flexibility index (Phi) is 3.61. The third-order valence-electron chi connectivity index (χ3n) is 3.64. The third-order valence-corrected chi connectivity index (χ3v) is 3.64. The van der Waals surface area contributed by atoms with Crippen LogP contribution < -0.4 is 15.8 Å². The van der Waals surface area contributed by atoms with E-state index in [2.05, 4.69) is 17.2 Å². The van der Waals surface area contributed by atoms with Crippen LogP contribution >= 0.6 is 0 Å². The Morgan fingerprint density at radius 3 is 2.58 bits per heavy atom. The molecule has 0 aliphatic heterocycles. The molecular weight excluding hydrogens is 238 g/mol. The summed E-state index contributed by atoms with van der Waals surface area (Å²) in [5.41, 5.74) is 6.69. The van der Waals surface area contributed by atoms with E-state index < -0.39 is 0 Å². The number of nitrogen functional groups attached to an aromatic ring is 1. The van der Waals surface area contributed by atoms with Gasteiger partial charge in [-0.25, -0.2) is 0 Å². The number of hydrogen-bond acceptors (Lipinski definition) is 4. The van der Waals surface area contributed by atoms with Crippen molar-refractivity contribution in [3.05, 3.63) is 12.1 Å². The first-order chi connectivity index (χ1) is 8.84. The molecule has 1 aromatic rings. The molecule has 0 saturated heterocycles. The Hall–Kier alpha value is -1.45. The van der Waals surface area contributed by atoms with E-state index in [1.807, 2.05) is 32.9 Å². The van der Waals surface area contributed by atoms with Gasteiger partial charge in [0.2, 0.25) is 5.88 Å². The van der Waals surface area contributed by atoms with Crippen LogP contribution in [0.25, 0.3) is 0 Å². The van der Waals surface area contributed by atoms with Crippen LogP contribution in [0, 0.1) is 5.41 Å². The molecule has 4 nitrogen and oxygen atoms in total. The van der Waals surface area contributed by atoms with Gasteiger partial charge in [-0.15, -0.1) is 0 Å². The highest BCUT2D eigenvalue weighted by Gasteiger charge is 2.40. The van der Waals surface area contributed by atoms with Crippen molar-refractivity contribution in [2.75, 3.05) is 17.6 Å². The van der Waals surface area contributed by atoms with Gasteiger partial charge in [0.1, 0.15) is 11.4 Å². The molecule has 4 heteroatoms. The van der Waals surface area contributed by atoms with Crippen molar-refractivity contribution in [3.63, 3.8) is 0 Å². The summed E-state index contributed by atoms with van der Waals surface area (Å²) in [7, 11) is 0. The molecule has 1 heterocycles. The molecule has 0 radical (unpaired) electrons. The van der Waals surface area contributed by atoms with Gasteiger partial charge in [-0.3, -0.25) is 0 Å². The zero-order chi connectivity index (χ0) is 14.1. The maximum Gasteiger partial charge on any atom is 0.239 e. The molecule has 0 unspecified atom stereocenters. The molecule has 0 bridgehead atoms. The van der Waals surface area contributed by atoms with Gasteiger partial charge in [0.15, 0.2) is 0 Å². The molecule has 0 spiro atoms. The lowest BCUT2D eigenvalue weighted by molar-refractivity contribution is 0.125. The smallest absolute Gasteiger partial charge is 0.239 e. The van der Waals surface area contributed by atoms with Crippen molar-refractivity contribution in [3.8, 4) is 5.88 Å². The van der Waals surface area contributed by atoms with E-state index in [9.17, 15) is 0 Å². The number of aromatic nitrogens is 1. The van der Waals surface area contributed by atoms with E-state index in [0.29, 0.717) is 17.0 Å². The Morgan fingerprint density at radius 2 is 2.05 bits per heavy atom. The van der Waals surface area contributed by atoms with Crippen LogP contribution in [0.2, 0.25) is 0 Å². The minimum Gasteiger partial charge on any atom is -0.470 e. The summed E-state index contributed by atoms with van der Waals surface area (Å²) >= 11 is 0. The third kappa shape index (κ3) is 3.75. The maximum atomic E-state index is 5.90. The minimum absolute atomic E-state index is 0.291. The van der Waals surface area contributed by atoms with Crippen LogP contribution in [0.5, 0.6) is 5.88 Å². The number of nitrogens with two attached hydrogens (primary N) is 1. The van der Waals surface area contributed by atoms with Crippen molar-refractivity contribution < 1.29 is 4.74 Å². The van der Waals surface area contributed by atoms with Crippen LogP contribution in [0.3, 0.4) is 0 Å². The zero-order valence-corrected chi connectivity index (χ0v) is 12.4. The second kappa shape index (κ2) is 4.91. The van der Waals surface area contributed by atoms with Gasteiger partial charge >= 0.3 is 0 Å². The van der Waals surface area contributed by atoms with E-state index in [1.54, 1.807) is 0 Å². The topological polar surface area (TPSA) is 60.2 Å². The van der Waals surface area contributed by atoms with Crippen LogP contribution in [0.4, 0.5) is 11.5 Å². The zero-order valence-electron chi connectivity index (χ0n) is 12.4. The molecule has 1 aliphatic rings. The maximum absolute atomic E-state index is 5.90. The van der Waals surface area contributed by atoms with E-state index in [4.69, 9.17) is 10.5 Å². The predicted octanol–water partition coefficient (Wildman–Crippen LogP) is 3.44. The van der Waals surface area contributed by atoms with Crippen LogP contribution in [-0.2, 0) is 0 Å². The van der Waals surface area contributed by atoms with Gasteiger partial charge in [-0.1, -0.05) is 6.92 Å². The molecule has 3 N–H and O–H groups in total. The number of pyridine rings is 1. The molecule has 106 valence electrons. The molecule has 1 saturated carbocycles. The average molecular weight is 263 g/mol. The second-order valence-corrected chi connectivity index (χ2v) is 6.51. The predicted molar refractivity (Wildman–Crippen MR) is 79.5 cm³/mol. The summed E-state index contributed by atoms with van der Waals surface area (Å²) in [5.74, 6) is 1.35. The van der Waals surface area contributed by atoms with Gasteiger partial charge < -0.3 is 15.8 Å². The molecule has 0 aromatic carbocycles. The lowest BCUT2D eigenvalue weighted by Gasteiger charge is -2.22. The van der Waals surface area contributed by atoms with Crippen molar-refractivity contribution in [2.45, 2.75) is 52.6 Å². The van der Waals surface area contributed by atoms with Crippen LogP contribution in [0.1, 0.15) is 47.0 Å². The Morgan fingerprint density at radius 1 is 1.37 bits per heavy atom. The molecule has 1 fully saturated rings. The number of rotatable bonds is 5. The van der Waals surface area contributed by atoms with Gasteiger partial charge in [0.05, 0.1) is 5.69 Å². The summed E-state index contributed by atoms with van der Waals surface area (Å²) in [6, 6.07) is 3.76. The first-order valence-electron chi connectivity index (χ1n) is 7.03. The number of hydrogen-bond donors (Lipinski definition) is 2. The summed E-state index contributed by atoms with van der Waals surface area (Å²) in [4.78, 5) is 4.46. The van der Waals surface area contributed by atoms with E-state index in [0.717, 1.165) is 12.4 Å². The van der Waals surface area contributed by atoms with E-state index in [1.165, 1.54) is 19.3 Å². The molecule has 1 aromatic heterocycles. The highest BCUT2D eigenvalue weighted by molar-refractivity contribution is 5.53. The second-order valence-electron chi connectivity index (χ2n) is 6.51. The molecule has 19 heavy (non-hydrogen) atoms. The van der Waals surface area contributed by atoms with Gasteiger partial charge in [-0.05, 0) is 57.6 Å². The quantitative estimate of drug-likeness (QED) is 0.854. The summed E-state index contributed by atoms with van der Waals surface area (Å²) in [6.45, 7) is 9.20. The number of ether oxygens (including phenoxy) is 1. The Balaban J connectivity index is 2.03. The fourth-order valence-corrected chi connectivity index (χ4v) is 2.03. The highest BCUT2D eigenvalue weighted by Crippen LogP contribution is 2.48. The monoisotopic (exact) mass is 263 g/mol. The minimum atomic E-state index is -0.291.